The van der Waals surface area contributed by atoms with Crippen LogP contribution in [0.1, 0.15) is 173 Å². The summed E-state index contributed by atoms with van der Waals surface area (Å²) in [6.45, 7) is 37.4. The van der Waals surface area contributed by atoms with Gasteiger partial charge in [0.1, 0.15) is 11.4 Å². The summed E-state index contributed by atoms with van der Waals surface area (Å²) < 4.78 is 8.85. The van der Waals surface area contributed by atoms with Crippen molar-refractivity contribution in [1.82, 2.24) is 9.97 Å². The van der Waals surface area contributed by atoms with Gasteiger partial charge >= 0.3 is 0 Å². The van der Waals surface area contributed by atoms with E-state index < -0.39 is 5.60 Å². The van der Waals surface area contributed by atoms with Crippen LogP contribution in [0, 0.1) is 123 Å². The van der Waals surface area contributed by atoms with Gasteiger partial charge in [0.05, 0.1) is 11.5 Å². The fraction of sp³-hybridized carbons (Fsp3) is 0.420. The second-order valence-corrected chi connectivity index (χ2v) is 23.7. The number of hydrogen-bond donors (Lipinski definition) is 2. The van der Waals surface area contributed by atoms with Crippen molar-refractivity contribution in [2.45, 2.75) is 194 Å². The fourth-order valence-electron chi connectivity index (χ4n) is 10.4. The Kier molecular flexibility index (Phi) is 26.9. The molecule has 2 N–H and O–H groups in total. The molecule has 434 valence electrons. The Morgan fingerprint density at radius 1 is 0.500 bits per heavy atom. The number of aliphatic hydroxyl groups excluding tert-OH is 2. The zero-order valence-electron chi connectivity index (χ0n) is 50.6. The second-order valence-electron chi connectivity index (χ2n) is 21.9. The van der Waals surface area contributed by atoms with Gasteiger partial charge in [0.2, 0.25) is 0 Å². The predicted molar refractivity (Wildman–Crippen MR) is 331 cm³/mol. The normalized spacial score (nSPS) is 13.6. The molecule has 0 unspecified atom stereocenters. The standard InChI is InChI=1S/C31H36Br2O5.2C19H24N.2Ir/c1-21(34)17-25(36)9-5-3-7-15-31(16-8-4-6-10-26(37)18-22(2)35)29-19-23(32)11-13-27(29)28-14-12-24(33)20-30(28)38-31;2*1-10-9-18(15(6)12(3)11(10)2)19-16(7)13(4)14(5)17(8)20-19;;/h11-14,17-20,36-37H,3-10,15-16H2,1-2H3;2*1-8H3;;/q;2*-1;;/b25-17-,26-18-;;;;. The van der Waals surface area contributed by atoms with E-state index in [9.17, 15) is 19.8 Å². The molecule has 0 spiro atoms. The molecule has 6 aromatic rings. The molecule has 2 aromatic heterocycles. The van der Waals surface area contributed by atoms with Crippen LogP contribution >= 0.6 is 31.9 Å². The van der Waals surface area contributed by atoms with Crippen LogP contribution < -0.4 is 4.74 Å². The van der Waals surface area contributed by atoms with Gasteiger partial charge in [0.15, 0.2) is 11.6 Å². The minimum atomic E-state index is -0.512. The molecule has 0 aliphatic carbocycles. The molecule has 1 aliphatic rings. The Morgan fingerprint density at radius 3 is 1.27 bits per heavy atom. The number of aliphatic hydroxyl groups is 2. The van der Waals surface area contributed by atoms with Crippen molar-refractivity contribution in [2.24, 2.45) is 0 Å². The summed E-state index contributed by atoms with van der Waals surface area (Å²) >= 11 is 7.26. The third kappa shape index (κ3) is 17.1. The van der Waals surface area contributed by atoms with E-state index in [2.05, 4.69) is 179 Å². The number of ether oxygens (including phenoxy) is 1. The summed E-state index contributed by atoms with van der Waals surface area (Å²) in [6.07, 6.45) is 10.4. The number of fused-ring (bicyclic) bond motifs is 3. The first kappa shape index (κ1) is 69.9. The van der Waals surface area contributed by atoms with Crippen molar-refractivity contribution in [3.05, 3.63) is 176 Å². The second kappa shape index (κ2) is 30.8. The number of aromatic nitrogens is 2. The molecule has 0 amide bonds. The van der Waals surface area contributed by atoms with Gasteiger partial charge in [-0.25, -0.2) is 0 Å². The number of pyridine rings is 2. The number of aryl methyl sites for hydroxylation is 4. The summed E-state index contributed by atoms with van der Waals surface area (Å²) in [5.74, 6) is 0.842. The summed E-state index contributed by atoms with van der Waals surface area (Å²) in [4.78, 5) is 32.1. The number of hydrogen-bond acceptors (Lipinski definition) is 7. The van der Waals surface area contributed by atoms with E-state index in [4.69, 9.17) is 14.7 Å². The number of unbranched alkanes of at least 4 members (excludes halogenated alkanes) is 4. The van der Waals surface area contributed by atoms with Crippen LogP contribution in [0.3, 0.4) is 0 Å². The molecule has 0 atom stereocenters. The number of halogens is 2. The minimum absolute atomic E-state index is 0. The van der Waals surface area contributed by atoms with Gasteiger partial charge in [-0.05, 0) is 166 Å². The Hall–Kier alpha value is -4.34. The first-order chi connectivity index (χ1) is 36.6. The molecule has 0 saturated heterocycles. The van der Waals surface area contributed by atoms with Crippen LogP contribution in [0.5, 0.6) is 5.75 Å². The van der Waals surface area contributed by atoms with Gasteiger partial charge in [-0.1, -0.05) is 128 Å². The molecule has 4 aromatic carbocycles. The SMILES string of the molecule is CC(=O)/C=C(\O)CCCCCC1(CCCCC/C(O)=C/C(C)=O)Oc2cc(Br)ccc2-c2ccc(Br)cc21.Cc1[c-]c(-c2nc(C)c(C)c(C)c2C)c(C)c(C)c1C.Cc1[c-]c(-c2nc(C)c(C)c(C)c2C)c(C)c(C)c1C.[Ir].[Ir]. The number of carbonyl (C=O) groups is 2. The minimum Gasteiger partial charge on any atom is -0.512 e. The molecule has 0 fully saturated rings. The molecule has 0 bridgehead atoms. The van der Waals surface area contributed by atoms with E-state index >= 15 is 0 Å². The predicted octanol–water partition coefficient (Wildman–Crippen LogP) is 19.5. The maximum atomic E-state index is 11.2. The van der Waals surface area contributed by atoms with Crippen molar-refractivity contribution in [1.29, 1.82) is 0 Å². The van der Waals surface area contributed by atoms with Crippen LogP contribution in [0.4, 0.5) is 0 Å². The van der Waals surface area contributed by atoms with Gasteiger partial charge < -0.3 is 24.9 Å². The number of allylic oxidation sites excluding steroid dienone is 4. The molecule has 7 nitrogen and oxygen atoms in total. The number of carbonyl (C=O) groups excluding carboxylic acids is 2. The summed E-state index contributed by atoms with van der Waals surface area (Å²) in [5.41, 5.74) is 27.9. The van der Waals surface area contributed by atoms with Gasteiger partial charge in [0, 0.05) is 96.7 Å². The average molecular weight is 1570 g/mol. The first-order valence-electron chi connectivity index (χ1n) is 27.6. The van der Waals surface area contributed by atoms with E-state index in [-0.39, 0.29) is 63.3 Å². The molecule has 80 heavy (non-hydrogen) atoms. The smallest absolute Gasteiger partial charge is 0.155 e. The molecular formula is C69H84Br2Ir2N2O5-2. The largest absolute Gasteiger partial charge is 0.512 e. The van der Waals surface area contributed by atoms with Crippen molar-refractivity contribution >= 4 is 43.4 Å². The number of benzene rings is 4. The van der Waals surface area contributed by atoms with E-state index in [1.807, 2.05) is 12.1 Å². The summed E-state index contributed by atoms with van der Waals surface area (Å²) in [5, 5.41) is 19.9. The maximum absolute atomic E-state index is 11.2. The number of ketones is 2. The van der Waals surface area contributed by atoms with Gasteiger partial charge in [-0.3, -0.25) is 9.59 Å². The van der Waals surface area contributed by atoms with Gasteiger partial charge in [-0.2, -0.15) is 0 Å². The molecular weight excluding hydrogens is 1480 g/mol. The molecule has 11 heteroatoms. The van der Waals surface area contributed by atoms with E-state index in [1.54, 1.807) is 0 Å². The fourth-order valence-corrected chi connectivity index (χ4v) is 11.1. The van der Waals surface area contributed by atoms with Crippen molar-refractivity contribution in [3.8, 4) is 39.4 Å². The first-order valence-corrected chi connectivity index (χ1v) is 29.2. The Labute approximate surface area is 523 Å². The van der Waals surface area contributed by atoms with Crippen LogP contribution in [0.2, 0.25) is 0 Å². The van der Waals surface area contributed by atoms with Gasteiger partial charge in [0.25, 0.3) is 0 Å². The zero-order chi connectivity index (χ0) is 58.1. The van der Waals surface area contributed by atoms with Crippen molar-refractivity contribution in [3.63, 3.8) is 0 Å². The third-order valence-electron chi connectivity index (χ3n) is 16.6. The van der Waals surface area contributed by atoms with Crippen LogP contribution in [-0.4, -0.2) is 31.7 Å². The zero-order valence-corrected chi connectivity index (χ0v) is 58.6. The third-order valence-corrected chi connectivity index (χ3v) is 17.6. The van der Waals surface area contributed by atoms with Crippen molar-refractivity contribution < 1.29 is 64.7 Å². The molecule has 0 saturated carbocycles. The summed E-state index contributed by atoms with van der Waals surface area (Å²) in [6, 6.07) is 19.6. The Bertz CT molecular complexity index is 3020. The molecule has 2 radical (unpaired) electrons. The maximum Gasteiger partial charge on any atom is 0.155 e. The van der Waals surface area contributed by atoms with Crippen LogP contribution in [0.25, 0.3) is 33.6 Å². The monoisotopic (exact) mass is 1560 g/mol. The Morgan fingerprint density at radius 2 is 0.875 bits per heavy atom. The van der Waals surface area contributed by atoms with E-state index in [0.717, 1.165) is 106 Å². The topological polar surface area (TPSA) is 110 Å². The Balaban J connectivity index is 0.000000339. The molecule has 7 rings (SSSR count). The van der Waals surface area contributed by atoms with Crippen molar-refractivity contribution in [2.75, 3.05) is 0 Å². The van der Waals surface area contributed by atoms with Crippen LogP contribution in [0.15, 0.2) is 69.0 Å². The van der Waals surface area contributed by atoms with Crippen LogP contribution in [-0.2, 0) is 55.4 Å². The molecule has 1 aliphatic heterocycles. The quantitative estimate of drug-likeness (QED) is 0.0430. The average Bonchev–Trinajstić information content (AvgIpc) is 3.38. The van der Waals surface area contributed by atoms with Gasteiger partial charge in [-0.15, -0.1) is 67.8 Å². The van der Waals surface area contributed by atoms with E-state index in [1.165, 1.54) is 115 Å². The molecule has 3 heterocycles. The summed E-state index contributed by atoms with van der Waals surface area (Å²) in [7, 11) is 0. The van der Waals surface area contributed by atoms with E-state index in [0.29, 0.717) is 12.8 Å². The number of nitrogens with zero attached hydrogens (tertiary/aromatic N) is 2. The number of rotatable bonds is 16.